The Morgan fingerprint density at radius 2 is 1.85 bits per heavy atom. The van der Waals surface area contributed by atoms with Crippen molar-refractivity contribution < 1.29 is 37.1 Å². The van der Waals surface area contributed by atoms with Gasteiger partial charge in [0.25, 0.3) is 17.4 Å². The van der Waals surface area contributed by atoms with Crippen LogP contribution in [0.4, 0.5) is 13.2 Å². The van der Waals surface area contributed by atoms with Gasteiger partial charge in [0, 0.05) is 31.8 Å². The molecule has 4 fully saturated rings. The van der Waals surface area contributed by atoms with E-state index in [2.05, 4.69) is 16.1 Å². The minimum absolute atomic E-state index is 0.0301. The molecule has 4 rings (SSSR count). The quantitative estimate of drug-likeness (QED) is 0.277. The number of rotatable bonds is 9. The molecular formula is C26H37ClF3N5O5. The van der Waals surface area contributed by atoms with E-state index in [0.717, 1.165) is 0 Å². The average molecular weight is 592 g/mol. The number of fused-ring (bicyclic) bond motifs is 1. The predicted molar refractivity (Wildman–Crippen MR) is 137 cm³/mol. The van der Waals surface area contributed by atoms with Crippen molar-refractivity contribution in [1.29, 1.82) is 0 Å². The van der Waals surface area contributed by atoms with Gasteiger partial charge >= 0.3 is 0 Å². The van der Waals surface area contributed by atoms with Crippen molar-refractivity contribution in [3.63, 3.8) is 0 Å². The second-order valence-corrected chi connectivity index (χ2v) is 12.6. The smallest absolute Gasteiger partial charge is 0.291 e. The zero-order chi connectivity index (χ0) is 29.7. The van der Waals surface area contributed by atoms with Crippen LogP contribution in [-0.4, -0.2) is 82.7 Å². The van der Waals surface area contributed by atoms with Crippen LogP contribution in [0.3, 0.4) is 0 Å². The number of halogens is 4. The highest BCUT2D eigenvalue weighted by atomic mass is 35.5. The number of nitrogens with one attached hydrogen (secondary N) is 3. The number of piperidine rings is 1. The van der Waals surface area contributed by atoms with Crippen LogP contribution < -0.4 is 16.1 Å². The SMILES string of the molecule is CCC(C)C(NC(=O)C1CC(F)(F)C1)C(=O)N1C[C@H]2[C@@H]([C@H]1C(=O)NN(C[C@@H]1CCNC1=O)C(=O)C(F)Cl)C2(C)C. The van der Waals surface area contributed by atoms with Crippen molar-refractivity contribution in [1.82, 2.24) is 26.0 Å². The zero-order valence-corrected chi connectivity index (χ0v) is 23.8. The summed E-state index contributed by atoms with van der Waals surface area (Å²) in [6.07, 6.45) is -0.273. The summed E-state index contributed by atoms with van der Waals surface area (Å²) in [4.78, 5) is 66.2. The third kappa shape index (κ3) is 5.75. The Labute approximate surface area is 236 Å². The molecule has 0 bridgehead atoms. The van der Waals surface area contributed by atoms with Gasteiger partial charge in [0.05, 0.1) is 12.5 Å². The Balaban J connectivity index is 1.53. The Kier molecular flexibility index (Phi) is 8.37. The molecule has 10 nitrogen and oxygen atoms in total. The molecule has 2 aliphatic heterocycles. The van der Waals surface area contributed by atoms with Crippen LogP contribution in [0.2, 0.25) is 0 Å². The van der Waals surface area contributed by atoms with Gasteiger partial charge in [-0.3, -0.25) is 29.4 Å². The van der Waals surface area contributed by atoms with Crippen LogP contribution in [-0.2, 0) is 24.0 Å². The monoisotopic (exact) mass is 591 g/mol. The second kappa shape index (κ2) is 11.0. The van der Waals surface area contributed by atoms with E-state index in [1.165, 1.54) is 4.90 Å². The van der Waals surface area contributed by atoms with Crippen molar-refractivity contribution in [2.24, 2.45) is 35.0 Å². The van der Waals surface area contributed by atoms with Gasteiger partial charge in [-0.25, -0.2) is 18.2 Å². The Bertz CT molecular complexity index is 1070. The molecule has 4 aliphatic rings. The molecule has 3 N–H and O–H groups in total. The maximum absolute atomic E-state index is 13.8. The predicted octanol–water partition coefficient (Wildman–Crippen LogP) is 1.58. The summed E-state index contributed by atoms with van der Waals surface area (Å²) in [6, 6.07) is -2.08. The molecule has 40 heavy (non-hydrogen) atoms. The summed E-state index contributed by atoms with van der Waals surface area (Å²) in [5, 5.41) is 5.97. The molecule has 0 spiro atoms. The normalized spacial score (nSPS) is 30.3. The molecule has 2 aliphatic carbocycles. The van der Waals surface area contributed by atoms with Crippen LogP contribution >= 0.6 is 11.6 Å². The van der Waals surface area contributed by atoms with Crippen LogP contribution in [0.25, 0.3) is 0 Å². The average Bonchev–Trinajstić information content (AvgIpc) is 3.21. The van der Waals surface area contributed by atoms with Gasteiger partial charge in [-0.2, -0.15) is 0 Å². The van der Waals surface area contributed by atoms with Crippen LogP contribution in [0.15, 0.2) is 0 Å². The van der Waals surface area contributed by atoms with Gasteiger partial charge in [0.1, 0.15) is 12.1 Å². The molecular weight excluding hydrogens is 555 g/mol. The molecule has 224 valence electrons. The van der Waals surface area contributed by atoms with Crippen molar-refractivity contribution in [3.05, 3.63) is 0 Å². The topological polar surface area (TPSA) is 128 Å². The van der Waals surface area contributed by atoms with E-state index in [9.17, 15) is 37.1 Å². The molecule has 7 atom stereocenters. The van der Waals surface area contributed by atoms with E-state index >= 15 is 0 Å². The lowest BCUT2D eigenvalue weighted by Gasteiger charge is -2.38. The molecule has 2 saturated carbocycles. The molecule has 2 heterocycles. The fourth-order valence-corrected chi connectivity index (χ4v) is 6.46. The Morgan fingerprint density at radius 1 is 1.20 bits per heavy atom. The number of hydrogen-bond donors (Lipinski definition) is 3. The molecule has 0 aromatic heterocycles. The highest BCUT2D eigenvalue weighted by Crippen LogP contribution is 2.65. The van der Waals surface area contributed by atoms with Crippen LogP contribution in [0, 0.1) is 35.0 Å². The minimum Gasteiger partial charge on any atom is -0.356 e. The van der Waals surface area contributed by atoms with Gasteiger partial charge < -0.3 is 15.5 Å². The number of likely N-dealkylation sites (tertiary alicyclic amines) is 1. The summed E-state index contributed by atoms with van der Waals surface area (Å²) < 4.78 is 40.5. The molecule has 0 aromatic rings. The van der Waals surface area contributed by atoms with Crippen molar-refractivity contribution in [2.45, 2.75) is 77.0 Å². The van der Waals surface area contributed by atoms with E-state index in [1.54, 1.807) is 6.92 Å². The highest BCUT2D eigenvalue weighted by Gasteiger charge is 2.70. The summed E-state index contributed by atoms with van der Waals surface area (Å²) in [7, 11) is 0. The number of alkyl halides is 4. The first kappa shape index (κ1) is 30.4. The first-order valence-electron chi connectivity index (χ1n) is 13.8. The number of carbonyl (C=O) groups excluding carboxylic acids is 5. The fourth-order valence-electron chi connectivity index (χ4n) is 6.34. The largest absolute Gasteiger partial charge is 0.356 e. The Hall–Kier alpha value is -2.57. The second-order valence-electron chi connectivity index (χ2n) is 12.2. The summed E-state index contributed by atoms with van der Waals surface area (Å²) in [6.45, 7) is 7.80. The third-order valence-corrected chi connectivity index (χ3v) is 9.45. The molecule has 0 aromatic carbocycles. The zero-order valence-electron chi connectivity index (χ0n) is 23.0. The Morgan fingerprint density at radius 3 is 2.38 bits per heavy atom. The van der Waals surface area contributed by atoms with E-state index in [4.69, 9.17) is 11.6 Å². The number of carbonyl (C=O) groups is 5. The number of nitrogens with zero attached hydrogens (tertiary/aromatic N) is 2. The highest BCUT2D eigenvalue weighted by molar-refractivity contribution is 6.29. The molecule has 0 radical (unpaired) electrons. The van der Waals surface area contributed by atoms with E-state index in [-0.39, 0.29) is 42.2 Å². The number of hydrazine groups is 1. The minimum atomic E-state index is -2.90. The molecule has 5 amide bonds. The maximum Gasteiger partial charge on any atom is 0.291 e. The van der Waals surface area contributed by atoms with Crippen molar-refractivity contribution >= 4 is 41.1 Å². The summed E-state index contributed by atoms with van der Waals surface area (Å²) >= 11 is 5.39. The number of hydrogen-bond acceptors (Lipinski definition) is 5. The van der Waals surface area contributed by atoms with Gasteiger partial charge in [0.2, 0.25) is 23.6 Å². The molecule has 14 heteroatoms. The van der Waals surface area contributed by atoms with Gasteiger partial charge in [0.15, 0.2) is 0 Å². The summed E-state index contributed by atoms with van der Waals surface area (Å²) in [5.41, 5.74) is -0.338. The van der Waals surface area contributed by atoms with Crippen LogP contribution in [0.1, 0.15) is 53.4 Å². The first-order chi connectivity index (χ1) is 18.6. The third-order valence-electron chi connectivity index (χ3n) is 9.26. The first-order valence-corrected chi connectivity index (χ1v) is 14.2. The van der Waals surface area contributed by atoms with E-state index in [1.807, 2.05) is 20.8 Å². The standard InChI is InChI=1S/C26H37ClF3N5O5/c1-5-12(2)17(32-21(37)14-8-26(29,30)9-14)23(39)34-11-15-16(25(15,3)4)18(34)22(38)33-35(24(40)19(27)28)10-13-6-7-31-20(13)36/h12-19H,5-11H2,1-4H3,(H,31,36)(H,32,37)(H,33,38)/t12?,13-,15-,16-,17?,18-,19?/m0/s1. The number of amides is 5. The lowest BCUT2D eigenvalue weighted by Crippen LogP contribution is -2.61. The summed E-state index contributed by atoms with van der Waals surface area (Å²) in [5.74, 6) is -8.57. The maximum atomic E-state index is 13.8. The van der Waals surface area contributed by atoms with E-state index < -0.39 is 71.9 Å². The molecule has 2 saturated heterocycles. The van der Waals surface area contributed by atoms with Gasteiger partial charge in [-0.15, -0.1) is 0 Å². The van der Waals surface area contributed by atoms with Crippen molar-refractivity contribution in [2.75, 3.05) is 19.6 Å². The van der Waals surface area contributed by atoms with Crippen LogP contribution in [0.5, 0.6) is 0 Å². The van der Waals surface area contributed by atoms with Gasteiger partial charge in [-0.1, -0.05) is 45.7 Å². The lowest BCUT2D eigenvalue weighted by molar-refractivity contribution is -0.155. The van der Waals surface area contributed by atoms with E-state index in [0.29, 0.717) is 24.4 Å². The fraction of sp³-hybridized carbons (Fsp3) is 0.808. The lowest BCUT2D eigenvalue weighted by atomic mass is 9.80. The molecule has 3 unspecified atom stereocenters. The van der Waals surface area contributed by atoms with Crippen molar-refractivity contribution in [3.8, 4) is 0 Å². The van der Waals surface area contributed by atoms with Gasteiger partial charge in [-0.05, 0) is 29.6 Å².